The topological polar surface area (TPSA) is 57.6 Å². The molecule has 13 heavy (non-hydrogen) atoms. The summed E-state index contributed by atoms with van der Waals surface area (Å²) in [6, 6.07) is 0. The van der Waals surface area contributed by atoms with Gasteiger partial charge in [0.05, 0.1) is 5.41 Å². The van der Waals surface area contributed by atoms with E-state index in [4.69, 9.17) is 5.11 Å². The van der Waals surface area contributed by atoms with E-state index in [0.717, 1.165) is 6.54 Å². The highest BCUT2D eigenvalue weighted by Crippen LogP contribution is 2.33. The van der Waals surface area contributed by atoms with E-state index < -0.39 is 11.4 Å². The summed E-state index contributed by atoms with van der Waals surface area (Å²) in [5.41, 5.74) is -0.819. The van der Waals surface area contributed by atoms with Crippen LogP contribution >= 0.6 is 0 Å². The number of hydrogen-bond donors (Lipinski definition) is 1. The molecule has 0 saturated carbocycles. The number of carbonyl (C=O) groups excluding carboxylic acids is 1. The second-order valence-corrected chi connectivity index (χ2v) is 3.95. The largest absolute Gasteiger partial charge is 0.481 e. The number of ketones is 1. The average Bonchev–Trinajstić information content (AvgIpc) is 2.31. The van der Waals surface area contributed by atoms with Crippen molar-refractivity contribution in [1.82, 2.24) is 4.90 Å². The average molecular weight is 185 g/mol. The molecule has 74 valence electrons. The van der Waals surface area contributed by atoms with Crippen LogP contribution in [-0.4, -0.2) is 41.9 Å². The zero-order chi connectivity index (χ0) is 10.1. The van der Waals surface area contributed by atoms with Gasteiger partial charge in [-0.05, 0) is 26.9 Å². The number of hydrogen-bond acceptors (Lipinski definition) is 3. The fraction of sp³-hybridized carbons (Fsp3) is 0.778. The Labute approximate surface area is 77.5 Å². The molecule has 0 aliphatic carbocycles. The van der Waals surface area contributed by atoms with Crippen LogP contribution < -0.4 is 0 Å². The van der Waals surface area contributed by atoms with Gasteiger partial charge in [0.15, 0.2) is 0 Å². The number of carbonyl (C=O) groups is 2. The number of aliphatic carboxylic acids is 1. The Morgan fingerprint density at radius 1 is 1.54 bits per heavy atom. The standard InChI is InChI=1S/C9H15NO3/c1-7(11)5-9(8(12)13)3-4-10(2)6-9/h3-6H2,1-2H3,(H,12,13). The molecule has 4 nitrogen and oxygen atoms in total. The smallest absolute Gasteiger partial charge is 0.311 e. The molecule has 0 amide bonds. The van der Waals surface area contributed by atoms with Crippen molar-refractivity contribution >= 4 is 11.8 Å². The van der Waals surface area contributed by atoms with Crippen molar-refractivity contribution in [2.45, 2.75) is 19.8 Å². The first-order valence-corrected chi connectivity index (χ1v) is 4.38. The van der Waals surface area contributed by atoms with Crippen molar-refractivity contribution in [3.8, 4) is 0 Å². The van der Waals surface area contributed by atoms with Crippen LogP contribution in [0.2, 0.25) is 0 Å². The molecule has 1 rings (SSSR count). The molecule has 1 N–H and O–H groups in total. The molecule has 1 heterocycles. The Kier molecular flexibility index (Phi) is 2.71. The lowest BCUT2D eigenvalue weighted by atomic mass is 9.82. The van der Waals surface area contributed by atoms with Gasteiger partial charge in [-0.15, -0.1) is 0 Å². The molecule has 0 bridgehead atoms. The SMILES string of the molecule is CC(=O)CC1(C(=O)O)CCN(C)C1. The third-order valence-electron chi connectivity index (χ3n) is 2.59. The van der Waals surface area contributed by atoms with E-state index in [9.17, 15) is 9.59 Å². The Morgan fingerprint density at radius 2 is 2.15 bits per heavy atom. The van der Waals surface area contributed by atoms with Gasteiger partial charge >= 0.3 is 5.97 Å². The third kappa shape index (κ3) is 2.06. The highest BCUT2D eigenvalue weighted by Gasteiger charge is 2.44. The number of carboxylic acid groups (broad SMARTS) is 1. The summed E-state index contributed by atoms with van der Waals surface area (Å²) in [6.45, 7) is 2.70. The molecule has 1 aliphatic heterocycles. The third-order valence-corrected chi connectivity index (χ3v) is 2.59. The molecular formula is C9H15NO3. The van der Waals surface area contributed by atoms with Crippen LogP contribution in [0.4, 0.5) is 0 Å². The van der Waals surface area contributed by atoms with Crippen molar-refractivity contribution in [2.24, 2.45) is 5.41 Å². The van der Waals surface area contributed by atoms with Crippen LogP contribution in [0.5, 0.6) is 0 Å². The van der Waals surface area contributed by atoms with Crippen molar-refractivity contribution in [2.75, 3.05) is 20.1 Å². The van der Waals surface area contributed by atoms with Gasteiger partial charge in [-0.25, -0.2) is 0 Å². The van der Waals surface area contributed by atoms with E-state index in [1.807, 2.05) is 11.9 Å². The summed E-state index contributed by atoms with van der Waals surface area (Å²) in [4.78, 5) is 23.9. The van der Waals surface area contributed by atoms with E-state index in [-0.39, 0.29) is 12.2 Å². The molecular weight excluding hydrogens is 170 g/mol. The Morgan fingerprint density at radius 3 is 2.46 bits per heavy atom. The van der Waals surface area contributed by atoms with Crippen LogP contribution in [0.3, 0.4) is 0 Å². The number of nitrogens with zero attached hydrogens (tertiary/aromatic N) is 1. The van der Waals surface area contributed by atoms with Gasteiger partial charge in [-0.2, -0.15) is 0 Å². The first-order valence-electron chi connectivity index (χ1n) is 4.38. The highest BCUT2D eigenvalue weighted by molar-refractivity contribution is 5.85. The van der Waals surface area contributed by atoms with E-state index >= 15 is 0 Å². The molecule has 0 aromatic carbocycles. The van der Waals surface area contributed by atoms with Gasteiger partial charge < -0.3 is 10.0 Å². The number of Topliss-reactive ketones (excluding diaryl/α,β-unsaturated/α-hetero) is 1. The maximum absolute atomic E-state index is 11.0. The lowest BCUT2D eigenvalue weighted by Crippen LogP contribution is -2.35. The Bertz CT molecular complexity index is 239. The highest BCUT2D eigenvalue weighted by atomic mass is 16.4. The summed E-state index contributed by atoms with van der Waals surface area (Å²) in [5.74, 6) is -0.884. The summed E-state index contributed by atoms with van der Waals surface area (Å²) in [6.07, 6.45) is 0.741. The molecule has 0 aromatic rings. The van der Waals surface area contributed by atoms with Gasteiger partial charge in [-0.3, -0.25) is 9.59 Å². The minimum absolute atomic E-state index is 0.0438. The van der Waals surface area contributed by atoms with Crippen molar-refractivity contribution in [1.29, 1.82) is 0 Å². The van der Waals surface area contributed by atoms with Gasteiger partial charge in [0.25, 0.3) is 0 Å². The van der Waals surface area contributed by atoms with Crippen LogP contribution in [0.1, 0.15) is 19.8 Å². The van der Waals surface area contributed by atoms with Crippen LogP contribution in [0.15, 0.2) is 0 Å². The van der Waals surface area contributed by atoms with E-state index in [2.05, 4.69) is 0 Å². The lowest BCUT2D eigenvalue weighted by Gasteiger charge is -2.22. The van der Waals surface area contributed by atoms with E-state index in [0.29, 0.717) is 13.0 Å². The number of rotatable bonds is 3. The maximum atomic E-state index is 11.0. The van der Waals surface area contributed by atoms with Gasteiger partial charge in [0, 0.05) is 13.0 Å². The Balaban J connectivity index is 2.77. The fourth-order valence-electron chi connectivity index (χ4n) is 1.95. The van der Waals surface area contributed by atoms with Gasteiger partial charge in [0.2, 0.25) is 0 Å². The zero-order valence-electron chi connectivity index (χ0n) is 8.04. The minimum atomic E-state index is -0.841. The first kappa shape index (κ1) is 10.2. The summed E-state index contributed by atoms with van der Waals surface area (Å²) >= 11 is 0. The fourth-order valence-corrected chi connectivity index (χ4v) is 1.95. The molecule has 0 spiro atoms. The van der Waals surface area contributed by atoms with Crippen molar-refractivity contribution in [3.63, 3.8) is 0 Å². The second-order valence-electron chi connectivity index (χ2n) is 3.95. The summed E-state index contributed by atoms with van der Waals surface area (Å²) in [7, 11) is 1.88. The van der Waals surface area contributed by atoms with Gasteiger partial charge in [0.1, 0.15) is 5.78 Å². The minimum Gasteiger partial charge on any atom is -0.481 e. The lowest BCUT2D eigenvalue weighted by molar-refractivity contribution is -0.150. The van der Waals surface area contributed by atoms with Crippen LogP contribution in [0, 0.1) is 5.41 Å². The molecule has 1 aliphatic rings. The predicted molar refractivity (Wildman–Crippen MR) is 47.5 cm³/mol. The maximum Gasteiger partial charge on any atom is 0.311 e. The monoisotopic (exact) mass is 185 g/mol. The molecule has 4 heteroatoms. The molecule has 0 aromatic heterocycles. The normalized spacial score (nSPS) is 29.1. The summed E-state index contributed by atoms with van der Waals surface area (Å²) in [5, 5.41) is 9.05. The molecule has 1 atom stereocenters. The van der Waals surface area contributed by atoms with E-state index in [1.54, 1.807) is 0 Å². The van der Waals surface area contributed by atoms with E-state index in [1.165, 1.54) is 6.92 Å². The Hall–Kier alpha value is -0.900. The zero-order valence-corrected chi connectivity index (χ0v) is 8.04. The van der Waals surface area contributed by atoms with Crippen LogP contribution in [-0.2, 0) is 9.59 Å². The second kappa shape index (κ2) is 3.46. The molecule has 1 unspecified atom stereocenters. The molecule has 1 saturated heterocycles. The number of likely N-dealkylation sites (tertiary alicyclic amines) is 1. The molecule has 0 radical (unpaired) electrons. The molecule has 1 fully saturated rings. The van der Waals surface area contributed by atoms with Gasteiger partial charge in [-0.1, -0.05) is 0 Å². The van der Waals surface area contributed by atoms with Crippen molar-refractivity contribution < 1.29 is 14.7 Å². The quantitative estimate of drug-likeness (QED) is 0.690. The first-order chi connectivity index (χ1) is 5.96. The van der Waals surface area contributed by atoms with Crippen LogP contribution in [0.25, 0.3) is 0 Å². The van der Waals surface area contributed by atoms with Crippen molar-refractivity contribution in [3.05, 3.63) is 0 Å². The summed E-state index contributed by atoms with van der Waals surface area (Å²) < 4.78 is 0. The predicted octanol–water partition coefficient (Wildman–Crippen LogP) is 0.372. The number of carboxylic acids is 1.